The Balaban J connectivity index is 1.69. The summed E-state index contributed by atoms with van der Waals surface area (Å²) in [7, 11) is 0. The van der Waals surface area contributed by atoms with Crippen LogP contribution in [0.1, 0.15) is 21.6 Å². The minimum absolute atomic E-state index is 0.142. The Hall–Kier alpha value is -4.13. The summed E-state index contributed by atoms with van der Waals surface area (Å²) < 4.78 is 1.30. The fraction of sp³-hybridized carbons (Fsp3) is 0.0455. The number of amides is 1. The highest BCUT2D eigenvalue weighted by Crippen LogP contribution is 2.14. The number of carbonyl (C=O) groups is 1. The lowest BCUT2D eigenvalue weighted by molar-refractivity contribution is 0.0949. The third-order valence-corrected chi connectivity index (χ3v) is 4.34. The van der Waals surface area contributed by atoms with E-state index < -0.39 is 5.91 Å². The first-order valence-corrected chi connectivity index (χ1v) is 8.99. The molecule has 1 N–H and O–H groups in total. The maximum absolute atomic E-state index is 12.8. The summed E-state index contributed by atoms with van der Waals surface area (Å²) in [4.78, 5) is 29.5. The van der Waals surface area contributed by atoms with E-state index in [2.05, 4.69) is 20.6 Å². The smallest absolute Gasteiger partial charge is 0.267 e. The molecule has 0 aliphatic rings. The van der Waals surface area contributed by atoms with Crippen LogP contribution in [-0.4, -0.2) is 26.9 Å². The van der Waals surface area contributed by atoms with Crippen LogP contribution in [0.15, 0.2) is 89.0 Å². The van der Waals surface area contributed by atoms with Gasteiger partial charge in [-0.1, -0.05) is 48.5 Å². The highest BCUT2D eigenvalue weighted by molar-refractivity contribution is 6.04. The molecule has 0 aliphatic carbocycles. The molecule has 7 heteroatoms. The van der Waals surface area contributed by atoms with Crippen LogP contribution in [0.5, 0.6) is 0 Å². The fourth-order valence-electron chi connectivity index (χ4n) is 2.93. The van der Waals surface area contributed by atoms with Crippen molar-refractivity contribution in [2.45, 2.75) is 6.54 Å². The van der Waals surface area contributed by atoms with Crippen molar-refractivity contribution >= 4 is 22.9 Å². The highest BCUT2D eigenvalue weighted by Gasteiger charge is 2.16. The number of rotatable bonds is 5. The molecule has 7 nitrogen and oxygen atoms in total. The van der Waals surface area contributed by atoms with Gasteiger partial charge in [0.15, 0.2) is 5.69 Å². The molecular formula is C22H17N5O2. The number of nitrogens with one attached hydrogen (secondary N) is 1. The van der Waals surface area contributed by atoms with E-state index in [0.717, 1.165) is 11.1 Å². The van der Waals surface area contributed by atoms with E-state index >= 15 is 0 Å². The highest BCUT2D eigenvalue weighted by atomic mass is 16.2. The molecular weight excluding hydrogens is 366 g/mol. The van der Waals surface area contributed by atoms with Gasteiger partial charge in [-0.2, -0.15) is 10.2 Å². The number of benzene rings is 2. The van der Waals surface area contributed by atoms with Gasteiger partial charge in [-0.3, -0.25) is 14.6 Å². The van der Waals surface area contributed by atoms with Crippen molar-refractivity contribution in [3.63, 3.8) is 0 Å². The summed E-state index contributed by atoms with van der Waals surface area (Å²) in [6.07, 6.45) is 4.79. The van der Waals surface area contributed by atoms with Crippen molar-refractivity contribution in [2.75, 3.05) is 0 Å². The molecule has 0 saturated heterocycles. The van der Waals surface area contributed by atoms with Gasteiger partial charge in [0.25, 0.3) is 11.5 Å². The van der Waals surface area contributed by atoms with Gasteiger partial charge < -0.3 is 0 Å². The Morgan fingerprint density at radius 1 is 0.966 bits per heavy atom. The Bertz CT molecular complexity index is 1230. The molecule has 29 heavy (non-hydrogen) atoms. The fourth-order valence-corrected chi connectivity index (χ4v) is 2.93. The molecule has 4 rings (SSSR count). The molecule has 1 amide bonds. The summed E-state index contributed by atoms with van der Waals surface area (Å²) in [5.74, 6) is -0.492. The van der Waals surface area contributed by atoms with Crippen LogP contribution in [0.2, 0.25) is 0 Å². The van der Waals surface area contributed by atoms with Gasteiger partial charge in [0.05, 0.1) is 18.1 Å². The summed E-state index contributed by atoms with van der Waals surface area (Å²) in [6.45, 7) is 0.269. The van der Waals surface area contributed by atoms with Gasteiger partial charge in [0.2, 0.25) is 0 Å². The maximum atomic E-state index is 12.8. The second kappa shape index (κ2) is 8.26. The zero-order valence-corrected chi connectivity index (χ0v) is 15.4. The Kier molecular flexibility index (Phi) is 5.20. The lowest BCUT2D eigenvalue weighted by Gasteiger charge is -2.10. The van der Waals surface area contributed by atoms with Crippen LogP contribution >= 0.6 is 0 Å². The Labute approximate surface area is 166 Å². The summed E-state index contributed by atoms with van der Waals surface area (Å²) >= 11 is 0. The molecule has 0 radical (unpaired) electrons. The monoisotopic (exact) mass is 383 g/mol. The minimum Gasteiger partial charge on any atom is -0.267 e. The van der Waals surface area contributed by atoms with E-state index in [1.54, 1.807) is 48.8 Å². The zero-order valence-electron chi connectivity index (χ0n) is 15.4. The number of nitrogens with zero attached hydrogens (tertiary/aromatic N) is 4. The van der Waals surface area contributed by atoms with E-state index in [4.69, 9.17) is 0 Å². The lowest BCUT2D eigenvalue weighted by Crippen LogP contribution is -2.29. The standard InChI is InChI=1S/C22H17N5O2/c28-21(25-24-14-16-10-12-23-13-11-16)20-18-8-4-5-9-19(18)22(29)27(26-20)15-17-6-2-1-3-7-17/h1-14H,15H2,(H,25,28)/b24-14-. The summed E-state index contributed by atoms with van der Waals surface area (Å²) in [6, 6.07) is 20.0. The quantitative estimate of drug-likeness (QED) is 0.424. The van der Waals surface area contributed by atoms with Crippen LogP contribution in [0.4, 0.5) is 0 Å². The van der Waals surface area contributed by atoms with Crippen LogP contribution in [0.3, 0.4) is 0 Å². The second-order valence-corrected chi connectivity index (χ2v) is 6.32. The molecule has 0 unspecified atom stereocenters. The van der Waals surface area contributed by atoms with Gasteiger partial charge in [0.1, 0.15) is 0 Å². The van der Waals surface area contributed by atoms with E-state index in [-0.39, 0.29) is 17.8 Å². The first-order valence-electron chi connectivity index (χ1n) is 8.99. The van der Waals surface area contributed by atoms with Crippen LogP contribution < -0.4 is 11.0 Å². The van der Waals surface area contributed by atoms with E-state index in [1.165, 1.54) is 10.9 Å². The van der Waals surface area contributed by atoms with Crippen LogP contribution in [0, 0.1) is 0 Å². The van der Waals surface area contributed by atoms with Crippen molar-refractivity contribution in [1.82, 2.24) is 20.2 Å². The zero-order chi connectivity index (χ0) is 20.1. The van der Waals surface area contributed by atoms with Crippen LogP contribution in [0.25, 0.3) is 10.8 Å². The maximum Gasteiger partial charge on any atom is 0.292 e. The molecule has 142 valence electrons. The number of aromatic nitrogens is 3. The number of carbonyl (C=O) groups excluding carboxylic acids is 1. The first kappa shape index (κ1) is 18.2. The third-order valence-electron chi connectivity index (χ3n) is 4.34. The molecule has 0 bridgehead atoms. The topological polar surface area (TPSA) is 89.2 Å². The number of pyridine rings is 1. The second-order valence-electron chi connectivity index (χ2n) is 6.32. The molecule has 0 saturated carbocycles. The predicted molar refractivity (Wildman–Crippen MR) is 111 cm³/mol. The van der Waals surface area contributed by atoms with E-state index in [1.807, 2.05) is 30.3 Å². The largest absolute Gasteiger partial charge is 0.292 e. The molecule has 2 aromatic carbocycles. The Morgan fingerprint density at radius 2 is 1.66 bits per heavy atom. The van der Waals surface area contributed by atoms with Crippen LogP contribution in [-0.2, 0) is 6.54 Å². The van der Waals surface area contributed by atoms with Crippen molar-refractivity contribution < 1.29 is 4.79 Å². The van der Waals surface area contributed by atoms with E-state index in [0.29, 0.717) is 10.8 Å². The molecule has 2 heterocycles. The predicted octanol–water partition coefficient (Wildman–Crippen LogP) is 2.60. The summed E-state index contributed by atoms with van der Waals surface area (Å²) in [5, 5.41) is 9.23. The first-order chi connectivity index (χ1) is 14.2. The average molecular weight is 383 g/mol. The number of hydrazone groups is 1. The minimum atomic E-state index is -0.492. The van der Waals surface area contributed by atoms with Gasteiger partial charge in [-0.15, -0.1) is 0 Å². The van der Waals surface area contributed by atoms with Gasteiger partial charge in [-0.05, 0) is 29.3 Å². The average Bonchev–Trinajstić information content (AvgIpc) is 2.77. The van der Waals surface area contributed by atoms with Gasteiger partial charge >= 0.3 is 0 Å². The molecule has 0 aliphatic heterocycles. The molecule has 4 aromatic rings. The molecule has 0 fully saturated rings. The molecule has 2 aromatic heterocycles. The van der Waals surface area contributed by atoms with Crippen molar-refractivity contribution in [3.8, 4) is 0 Å². The van der Waals surface area contributed by atoms with Crippen molar-refractivity contribution in [1.29, 1.82) is 0 Å². The number of fused-ring (bicyclic) bond motifs is 1. The number of hydrogen-bond acceptors (Lipinski definition) is 5. The number of hydrogen-bond donors (Lipinski definition) is 1. The van der Waals surface area contributed by atoms with Gasteiger partial charge in [-0.25, -0.2) is 10.1 Å². The van der Waals surface area contributed by atoms with E-state index in [9.17, 15) is 9.59 Å². The molecule has 0 spiro atoms. The third kappa shape index (κ3) is 4.08. The summed E-state index contributed by atoms with van der Waals surface area (Å²) in [5.41, 5.74) is 4.09. The Morgan fingerprint density at radius 3 is 2.41 bits per heavy atom. The van der Waals surface area contributed by atoms with Crippen molar-refractivity contribution in [3.05, 3.63) is 106 Å². The van der Waals surface area contributed by atoms with Crippen molar-refractivity contribution in [2.24, 2.45) is 5.10 Å². The molecule has 0 atom stereocenters. The normalized spacial score (nSPS) is 11.0. The SMILES string of the molecule is O=C(N/N=C\c1ccncc1)c1nn(Cc2ccccc2)c(=O)c2ccccc12. The van der Waals surface area contributed by atoms with Gasteiger partial charge in [0, 0.05) is 17.8 Å². The lowest BCUT2D eigenvalue weighted by atomic mass is 10.1.